The Morgan fingerprint density at radius 1 is 1.44 bits per heavy atom. The summed E-state index contributed by atoms with van der Waals surface area (Å²) >= 11 is 0. The predicted octanol–water partition coefficient (Wildman–Crippen LogP) is 2.57. The summed E-state index contributed by atoms with van der Waals surface area (Å²) in [5.41, 5.74) is -1.57. The highest BCUT2D eigenvalue weighted by atomic mass is 19.1. The van der Waals surface area contributed by atoms with E-state index in [2.05, 4.69) is 21.2 Å². The number of nitro groups is 1. The van der Waals surface area contributed by atoms with Gasteiger partial charge in [0.2, 0.25) is 17.5 Å². The van der Waals surface area contributed by atoms with Crippen molar-refractivity contribution in [1.29, 1.82) is 0 Å². The molecule has 0 fully saturated rings. The first-order chi connectivity index (χ1) is 8.54. The van der Waals surface area contributed by atoms with E-state index in [9.17, 15) is 18.9 Å². The van der Waals surface area contributed by atoms with E-state index in [1.165, 1.54) is 6.08 Å². The minimum Gasteiger partial charge on any atom is -0.334 e. The fraction of sp³-hybridized carbons (Fsp3) is 0. The molecular weight excluding hydrogens is 248 g/mol. The Bertz CT molecular complexity index is 639. The molecule has 0 spiro atoms. The van der Waals surface area contributed by atoms with Crippen LogP contribution in [0.15, 0.2) is 23.2 Å². The molecule has 2 aromatic rings. The van der Waals surface area contributed by atoms with Gasteiger partial charge in [0.25, 0.3) is 0 Å². The quantitative estimate of drug-likeness (QED) is 0.620. The molecule has 92 valence electrons. The molecule has 1 aromatic heterocycles. The van der Waals surface area contributed by atoms with Crippen molar-refractivity contribution in [2.75, 3.05) is 0 Å². The van der Waals surface area contributed by atoms with Gasteiger partial charge in [-0.1, -0.05) is 11.7 Å². The average Bonchev–Trinajstić information content (AvgIpc) is 2.77. The maximum absolute atomic E-state index is 13.8. The van der Waals surface area contributed by atoms with Gasteiger partial charge in [0.1, 0.15) is 11.4 Å². The van der Waals surface area contributed by atoms with Gasteiger partial charge in [-0.25, -0.2) is 4.39 Å². The van der Waals surface area contributed by atoms with E-state index in [-0.39, 0.29) is 5.89 Å². The zero-order valence-electron chi connectivity index (χ0n) is 8.76. The number of hydrogen-bond acceptors (Lipinski definition) is 5. The Balaban J connectivity index is 2.65. The molecule has 2 rings (SSSR count). The zero-order valence-corrected chi connectivity index (χ0v) is 8.76. The van der Waals surface area contributed by atoms with E-state index in [0.717, 1.165) is 12.1 Å². The highest BCUT2D eigenvalue weighted by Gasteiger charge is 2.25. The lowest BCUT2D eigenvalue weighted by Crippen LogP contribution is -1.98. The van der Waals surface area contributed by atoms with Crippen LogP contribution in [0.4, 0.5) is 14.5 Å². The minimum absolute atomic E-state index is 0.0460. The van der Waals surface area contributed by atoms with Crippen molar-refractivity contribution in [3.63, 3.8) is 0 Å². The SMILES string of the molecule is C=Cc1nc(-c2c(F)ccc([N+](=O)[O-])c2F)no1. The van der Waals surface area contributed by atoms with Gasteiger partial charge >= 0.3 is 5.69 Å². The number of benzene rings is 1. The second-order valence-electron chi connectivity index (χ2n) is 3.17. The number of aromatic nitrogens is 2. The van der Waals surface area contributed by atoms with Gasteiger partial charge < -0.3 is 4.52 Å². The molecule has 8 heteroatoms. The predicted molar refractivity (Wildman–Crippen MR) is 56.4 cm³/mol. The molecule has 0 saturated carbocycles. The molecule has 1 heterocycles. The standard InChI is InChI=1S/C10H5F2N3O3/c1-2-7-13-10(14-18-7)8-5(11)3-4-6(9(8)12)15(16)17/h2-4H,1H2. The first-order valence-electron chi connectivity index (χ1n) is 4.63. The molecule has 0 atom stereocenters. The monoisotopic (exact) mass is 253 g/mol. The molecule has 0 saturated heterocycles. The Hall–Kier alpha value is -2.64. The largest absolute Gasteiger partial charge is 0.334 e. The molecular formula is C10H5F2N3O3. The van der Waals surface area contributed by atoms with Crippen LogP contribution >= 0.6 is 0 Å². The van der Waals surface area contributed by atoms with Crippen LogP contribution in [0.2, 0.25) is 0 Å². The van der Waals surface area contributed by atoms with Crippen LogP contribution in [0, 0.1) is 21.7 Å². The number of rotatable bonds is 3. The van der Waals surface area contributed by atoms with Crippen LogP contribution in [0.3, 0.4) is 0 Å². The number of nitrogens with zero attached hydrogens (tertiary/aromatic N) is 3. The Kier molecular flexibility index (Phi) is 2.84. The molecule has 18 heavy (non-hydrogen) atoms. The van der Waals surface area contributed by atoms with E-state index >= 15 is 0 Å². The van der Waals surface area contributed by atoms with Gasteiger partial charge in [0.05, 0.1) is 4.92 Å². The lowest BCUT2D eigenvalue weighted by Gasteiger charge is -2.00. The highest BCUT2D eigenvalue weighted by Crippen LogP contribution is 2.29. The van der Waals surface area contributed by atoms with Crippen LogP contribution in [0.5, 0.6) is 0 Å². The van der Waals surface area contributed by atoms with Crippen LogP contribution < -0.4 is 0 Å². The van der Waals surface area contributed by atoms with Gasteiger partial charge in [0.15, 0.2) is 0 Å². The van der Waals surface area contributed by atoms with Crippen LogP contribution in [0.25, 0.3) is 17.5 Å². The summed E-state index contributed by atoms with van der Waals surface area (Å²) in [6.45, 7) is 3.34. The number of halogens is 2. The summed E-state index contributed by atoms with van der Waals surface area (Å²) < 4.78 is 31.8. The van der Waals surface area contributed by atoms with Crippen LogP contribution in [-0.2, 0) is 0 Å². The maximum Gasteiger partial charge on any atom is 0.305 e. The Labute approximate surface area is 98.7 Å². The fourth-order valence-electron chi connectivity index (χ4n) is 1.31. The number of hydrogen-bond donors (Lipinski definition) is 0. The van der Waals surface area contributed by atoms with E-state index in [1.807, 2.05) is 0 Å². The third-order valence-corrected chi connectivity index (χ3v) is 2.11. The summed E-state index contributed by atoms with van der Waals surface area (Å²) in [7, 11) is 0. The molecule has 0 aliphatic rings. The lowest BCUT2D eigenvalue weighted by atomic mass is 10.1. The summed E-state index contributed by atoms with van der Waals surface area (Å²) in [6.07, 6.45) is 1.18. The smallest absolute Gasteiger partial charge is 0.305 e. The van der Waals surface area contributed by atoms with Crippen molar-refractivity contribution in [3.8, 4) is 11.4 Å². The van der Waals surface area contributed by atoms with Crippen molar-refractivity contribution in [3.05, 3.63) is 46.4 Å². The van der Waals surface area contributed by atoms with Crippen molar-refractivity contribution in [2.45, 2.75) is 0 Å². The van der Waals surface area contributed by atoms with E-state index < -0.39 is 33.6 Å². The molecule has 0 radical (unpaired) electrons. The van der Waals surface area contributed by atoms with Crippen LogP contribution in [0.1, 0.15) is 5.89 Å². The first-order valence-corrected chi connectivity index (χ1v) is 4.63. The van der Waals surface area contributed by atoms with Gasteiger partial charge in [-0.15, -0.1) is 0 Å². The average molecular weight is 253 g/mol. The molecule has 0 aliphatic heterocycles. The van der Waals surface area contributed by atoms with Gasteiger partial charge in [0, 0.05) is 6.07 Å². The zero-order chi connectivity index (χ0) is 13.3. The third kappa shape index (κ3) is 1.83. The molecule has 0 bridgehead atoms. The lowest BCUT2D eigenvalue weighted by molar-refractivity contribution is -0.387. The van der Waals surface area contributed by atoms with Crippen molar-refractivity contribution >= 4 is 11.8 Å². The minimum atomic E-state index is -1.35. The van der Waals surface area contributed by atoms with E-state index in [4.69, 9.17) is 0 Å². The van der Waals surface area contributed by atoms with E-state index in [1.54, 1.807) is 0 Å². The second kappa shape index (κ2) is 4.32. The maximum atomic E-state index is 13.8. The van der Waals surface area contributed by atoms with E-state index in [0.29, 0.717) is 0 Å². The molecule has 6 nitrogen and oxygen atoms in total. The van der Waals surface area contributed by atoms with Crippen molar-refractivity contribution in [1.82, 2.24) is 10.1 Å². The first kappa shape index (κ1) is 11.8. The normalized spacial score (nSPS) is 10.3. The highest BCUT2D eigenvalue weighted by molar-refractivity contribution is 5.61. The van der Waals surface area contributed by atoms with Crippen molar-refractivity contribution < 1.29 is 18.2 Å². The van der Waals surface area contributed by atoms with Crippen molar-refractivity contribution in [2.24, 2.45) is 0 Å². The Morgan fingerprint density at radius 2 is 2.17 bits per heavy atom. The van der Waals surface area contributed by atoms with Gasteiger partial charge in [-0.2, -0.15) is 9.37 Å². The Morgan fingerprint density at radius 3 is 2.72 bits per heavy atom. The molecule has 0 aliphatic carbocycles. The van der Waals surface area contributed by atoms with Crippen LogP contribution in [-0.4, -0.2) is 15.1 Å². The third-order valence-electron chi connectivity index (χ3n) is 2.11. The molecule has 0 unspecified atom stereocenters. The number of nitro benzene ring substituents is 1. The summed E-state index contributed by atoms with van der Waals surface area (Å²) in [4.78, 5) is 13.2. The fourth-order valence-corrected chi connectivity index (χ4v) is 1.31. The molecule has 1 aromatic carbocycles. The summed E-state index contributed by atoms with van der Waals surface area (Å²) in [5.74, 6) is -2.83. The second-order valence-corrected chi connectivity index (χ2v) is 3.17. The molecule has 0 N–H and O–H groups in total. The van der Waals surface area contributed by atoms with Gasteiger partial charge in [-0.05, 0) is 12.1 Å². The molecule has 0 amide bonds. The topological polar surface area (TPSA) is 82.1 Å². The summed E-state index contributed by atoms with van der Waals surface area (Å²) in [5, 5.41) is 13.9. The van der Waals surface area contributed by atoms with Gasteiger partial charge in [-0.3, -0.25) is 10.1 Å². The summed E-state index contributed by atoms with van der Waals surface area (Å²) in [6, 6.07) is 1.49.